The molecule has 0 saturated carbocycles. The van der Waals surface area contributed by atoms with Crippen molar-refractivity contribution in [3.05, 3.63) is 35.4 Å². The minimum atomic E-state index is -3.75. The van der Waals surface area contributed by atoms with Gasteiger partial charge < -0.3 is 0 Å². The average Bonchev–Trinajstić information content (AvgIpc) is 2.57. The van der Waals surface area contributed by atoms with Crippen LogP contribution in [0, 0.1) is 6.92 Å². The van der Waals surface area contributed by atoms with Crippen LogP contribution in [0.3, 0.4) is 0 Å². The molecule has 0 saturated heterocycles. The molecule has 0 radical (unpaired) electrons. The molecule has 2 rings (SSSR count). The number of nitrogens with zero attached hydrogens (tertiary/aromatic N) is 3. The van der Waals surface area contributed by atoms with E-state index in [1.54, 1.807) is 20.2 Å². The maximum atomic E-state index is 12.1. The van der Waals surface area contributed by atoms with Gasteiger partial charge in [0.05, 0.1) is 11.4 Å². The third-order valence-corrected chi connectivity index (χ3v) is 4.08. The van der Waals surface area contributed by atoms with Crippen molar-refractivity contribution in [1.82, 2.24) is 14.8 Å². The van der Waals surface area contributed by atoms with E-state index in [1.165, 1.54) is 23.0 Å². The van der Waals surface area contributed by atoms with Gasteiger partial charge in [-0.2, -0.15) is 5.10 Å². The van der Waals surface area contributed by atoms with E-state index in [4.69, 9.17) is 11.6 Å². The predicted octanol–water partition coefficient (Wildman–Crippen LogP) is 1.58. The van der Waals surface area contributed by atoms with Crippen LogP contribution in [0.15, 0.2) is 29.4 Å². The van der Waals surface area contributed by atoms with Gasteiger partial charge in [0, 0.05) is 19.4 Å². The van der Waals surface area contributed by atoms with Crippen LogP contribution >= 0.6 is 11.6 Å². The Morgan fingerprint density at radius 2 is 2.17 bits per heavy atom. The van der Waals surface area contributed by atoms with Gasteiger partial charge in [0.25, 0.3) is 10.0 Å². The van der Waals surface area contributed by atoms with Gasteiger partial charge in [-0.1, -0.05) is 11.6 Å². The molecule has 0 aliphatic heterocycles. The Hall–Kier alpha value is -1.60. The number of hydrogen-bond acceptors (Lipinski definition) is 4. The summed E-state index contributed by atoms with van der Waals surface area (Å²) in [5.74, 6) is 0. The van der Waals surface area contributed by atoms with Crippen molar-refractivity contribution in [3.8, 4) is 0 Å². The molecule has 2 aromatic rings. The Labute approximate surface area is 110 Å². The first-order valence-corrected chi connectivity index (χ1v) is 6.90. The lowest BCUT2D eigenvalue weighted by atomic mass is 10.4. The van der Waals surface area contributed by atoms with Gasteiger partial charge in [-0.15, -0.1) is 0 Å². The maximum Gasteiger partial charge on any atom is 0.265 e. The second kappa shape index (κ2) is 4.58. The van der Waals surface area contributed by atoms with Crippen molar-refractivity contribution in [3.63, 3.8) is 0 Å². The lowest BCUT2D eigenvalue weighted by molar-refractivity contribution is 0.601. The highest BCUT2D eigenvalue weighted by Crippen LogP contribution is 2.22. The van der Waals surface area contributed by atoms with Gasteiger partial charge in [-0.3, -0.25) is 9.40 Å². The highest BCUT2D eigenvalue weighted by molar-refractivity contribution is 7.92. The van der Waals surface area contributed by atoms with Crippen molar-refractivity contribution in [2.75, 3.05) is 4.72 Å². The molecule has 0 atom stereocenters. The fourth-order valence-corrected chi connectivity index (χ4v) is 3.03. The fourth-order valence-electron chi connectivity index (χ4n) is 1.47. The van der Waals surface area contributed by atoms with Crippen LogP contribution in [0.5, 0.6) is 0 Å². The molecule has 0 aliphatic carbocycles. The third-order valence-electron chi connectivity index (χ3n) is 2.27. The zero-order valence-corrected chi connectivity index (χ0v) is 11.3. The number of aromatic nitrogens is 3. The number of hydrogen-bond donors (Lipinski definition) is 1. The molecule has 0 unspecified atom stereocenters. The van der Waals surface area contributed by atoms with Crippen LogP contribution < -0.4 is 4.72 Å². The Bertz CT molecular complexity index is 681. The summed E-state index contributed by atoms with van der Waals surface area (Å²) in [5.41, 5.74) is 0.999. The molecule has 0 aromatic carbocycles. The van der Waals surface area contributed by atoms with E-state index in [1.807, 2.05) is 0 Å². The van der Waals surface area contributed by atoms with Crippen molar-refractivity contribution in [2.45, 2.75) is 11.8 Å². The van der Waals surface area contributed by atoms with Crippen molar-refractivity contribution in [2.24, 2.45) is 7.05 Å². The highest BCUT2D eigenvalue weighted by Gasteiger charge is 2.20. The predicted molar refractivity (Wildman–Crippen MR) is 68.0 cm³/mol. The first-order chi connectivity index (χ1) is 8.40. The highest BCUT2D eigenvalue weighted by atomic mass is 35.5. The van der Waals surface area contributed by atoms with Crippen LogP contribution in [0.2, 0.25) is 5.15 Å². The zero-order chi connectivity index (χ0) is 13.3. The van der Waals surface area contributed by atoms with Crippen LogP contribution in [0.25, 0.3) is 0 Å². The molecule has 6 nitrogen and oxygen atoms in total. The van der Waals surface area contributed by atoms with Crippen LogP contribution in [-0.2, 0) is 17.1 Å². The number of aryl methyl sites for hydroxylation is 2. The molecule has 0 spiro atoms. The number of halogens is 1. The number of rotatable bonds is 3. The minimum Gasteiger partial charge on any atom is -0.276 e. The summed E-state index contributed by atoms with van der Waals surface area (Å²) in [6, 6.07) is 2.90. The summed E-state index contributed by atoms with van der Waals surface area (Å²) in [6.07, 6.45) is 3.01. The molecule has 0 bridgehead atoms. The molecule has 2 aromatic heterocycles. The van der Waals surface area contributed by atoms with E-state index >= 15 is 0 Å². The Balaban J connectivity index is 2.39. The standard InChI is InChI=1S/C10H11ClN4O2S/c1-7-8(6-15(2)13-7)14-18(16,17)9-4-3-5-12-10(9)11/h3-6,14H,1-2H3. The smallest absolute Gasteiger partial charge is 0.265 e. The summed E-state index contributed by atoms with van der Waals surface area (Å²) in [7, 11) is -2.04. The fraction of sp³-hybridized carbons (Fsp3) is 0.200. The molecule has 0 fully saturated rings. The second-order valence-electron chi connectivity index (χ2n) is 3.70. The van der Waals surface area contributed by atoms with Crippen molar-refractivity contribution >= 4 is 27.3 Å². The summed E-state index contributed by atoms with van der Waals surface area (Å²) < 4.78 is 28.2. The second-order valence-corrected chi connectivity index (χ2v) is 5.71. The summed E-state index contributed by atoms with van der Waals surface area (Å²) in [5, 5.41) is 3.99. The monoisotopic (exact) mass is 286 g/mol. The zero-order valence-electron chi connectivity index (χ0n) is 9.75. The molecule has 8 heteroatoms. The molecular formula is C10H11ClN4O2S. The summed E-state index contributed by atoms with van der Waals surface area (Å²) in [6.45, 7) is 1.71. The lowest BCUT2D eigenvalue weighted by Gasteiger charge is -2.07. The average molecular weight is 287 g/mol. The molecule has 2 heterocycles. The van der Waals surface area contributed by atoms with E-state index < -0.39 is 10.0 Å². The normalized spacial score (nSPS) is 11.5. The van der Waals surface area contributed by atoms with Gasteiger partial charge in [-0.05, 0) is 19.1 Å². The van der Waals surface area contributed by atoms with Gasteiger partial charge in [-0.25, -0.2) is 13.4 Å². The quantitative estimate of drug-likeness (QED) is 0.869. The van der Waals surface area contributed by atoms with E-state index in [0.717, 1.165) is 0 Å². The van der Waals surface area contributed by atoms with Crippen LogP contribution in [0.1, 0.15) is 5.69 Å². The van der Waals surface area contributed by atoms with E-state index in [0.29, 0.717) is 11.4 Å². The molecule has 0 aliphatic rings. The Kier molecular flexibility index (Phi) is 3.27. The van der Waals surface area contributed by atoms with Gasteiger partial charge >= 0.3 is 0 Å². The Morgan fingerprint density at radius 1 is 1.44 bits per heavy atom. The number of pyridine rings is 1. The number of anilines is 1. The van der Waals surface area contributed by atoms with Crippen molar-refractivity contribution in [1.29, 1.82) is 0 Å². The molecule has 0 amide bonds. The van der Waals surface area contributed by atoms with Crippen LogP contribution in [-0.4, -0.2) is 23.2 Å². The summed E-state index contributed by atoms with van der Waals surface area (Å²) in [4.78, 5) is 3.68. The van der Waals surface area contributed by atoms with Gasteiger partial charge in [0.1, 0.15) is 10.0 Å². The number of nitrogens with one attached hydrogen (secondary N) is 1. The van der Waals surface area contributed by atoms with E-state index in [-0.39, 0.29) is 10.0 Å². The first kappa shape index (κ1) is 12.8. The SMILES string of the molecule is Cc1nn(C)cc1NS(=O)(=O)c1cccnc1Cl. The summed E-state index contributed by atoms with van der Waals surface area (Å²) >= 11 is 5.77. The van der Waals surface area contributed by atoms with Crippen LogP contribution in [0.4, 0.5) is 5.69 Å². The molecule has 1 N–H and O–H groups in total. The Morgan fingerprint density at radius 3 is 2.72 bits per heavy atom. The minimum absolute atomic E-state index is 0.0603. The van der Waals surface area contributed by atoms with Gasteiger partial charge in [0.2, 0.25) is 0 Å². The lowest BCUT2D eigenvalue weighted by Crippen LogP contribution is -2.14. The number of sulfonamides is 1. The molecule has 18 heavy (non-hydrogen) atoms. The largest absolute Gasteiger partial charge is 0.276 e. The maximum absolute atomic E-state index is 12.1. The molecular weight excluding hydrogens is 276 g/mol. The third kappa shape index (κ3) is 2.46. The topological polar surface area (TPSA) is 76.9 Å². The van der Waals surface area contributed by atoms with Gasteiger partial charge in [0.15, 0.2) is 0 Å². The molecule has 96 valence electrons. The van der Waals surface area contributed by atoms with E-state index in [9.17, 15) is 8.42 Å². The first-order valence-electron chi connectivity index (χ1n) is 5.04. The van der Waals surface area contributed by atoms with Crippen molar-refractivity contribution < 1.29 is 8.42 Å². The van der Waals surface area contributed by atoms with E-state index in [2.05, 4.69) is 14.8 Å².